The molecule has 6 heteroatoms. The first-order chi connectivity index (χ1) is 11.0. The number of rotatable bonds is 6. The van der Waals surface area contributed by atoms with Gasteiger partial charge in [-0.1, -0.05) is 26.7 Å². The van der Waals surface area contributed by atoms with E-state index in [1.165, 1.54) is 19.3 Å². The third-order valence-electron chi connectivity index (χ3n) is 5.30. The fraction of sp³-hybridized carbons (Fsp3) is 0.882. The molecule has 6 nitrogen and oxygen atoms in total. The fourth-order valence-electron chi connectivity index (χ4n) is 3.72. The molecule has 2 amide bonds. The highest BCUT2D eigenvalue weighted by atomic mass is 16.4. The monoisotopic (exact) mass is 325 g/mol. The third kappa shape index (κ3) is 5.68. The number of carbonyl (C=O) groups excluding carboxylic acids is 1. The number of nitrogens with zero attached hydrogens (tertiary/aromatic N) is 1. The lowest BCUT2D eigenvalue weighted by Gasteiger charge is -2.42. The van der Waals surface area contributed by atoms with Crippen molar-refractivity contribution in [2.45, 2.75) is 76.9 Å². The van der Waals surface area contributed by atoms with Gasteiger partial charge in [0.05, 0.1) is 6.54 Å². The largest absolute Gasteiger partial charge is 0.480 e. The Hall–Kier alpha value is -1.30. The summed E-state index contributed by atoms with van der Waals surface area (Å²) in [5.41, 5.74) is 0. The number of carboxylic acids is 1. The first-order valence-electron chi connectivity index (χ1n) is 9.00. The predicted molar refractivity (Wildman–Crippen MR) is 89.4 cm³/mol. The molecule has 132 valence electrons. The molecule has 2 unspecified atom stereocenters. The van der Waals surface area contributed by atoms with Crippen molar-refractivity contribution in [1.82, 2.24) is 15.5 Å². The van der Waals surface area contributed by atoms with Gasteiger partial charge in [-0.2, -0.15) is 0 Å². The van der Waals surface area contributed by atoms with Gasteiger partial charge in [-0.25, -0.2) is 4.79 Å². The summed E-state index contributed by atoms with van der Waals surface area (Å²) in [5.74, 6) is -0.0184. The molecule has 0 saturated heterocycles. The number of likely N-dealkylation sites (N-methyl/N-ethyl adjacent to an activating group) is 1. The minimum Gasteiger partial charge on any atom is -0.480 e. The van der Waals surface area contributed by atoms with Gasteiger partial charge >= 0.3 is 12.0 Å². The van der Waals surface area contributed by atoms with Crippen LogP contribution in [-0.2, 0) is 4.79 Å². The van der Waals surface area contributed by atoms with E-state index in [2.05, 4.69) is 17.6 Å². The van der Waals surface area contributed by atoms with Crippen molar-refractivity contribution in [2.75, 3.05) is 13.1 Å². The molecule has 0 bridgehead atoms. The van der Waals surface area contributed by atoms with Crippen molar-refractivity contribution >= 4 is 12.0 Å². The summed E-state index contributed by atoms with van der Waals surface area (Å²) < 4.78 is 0. The Morgan fingerprint density at radius 3 is 2.43 bits per heavy atom. The number of aliphatic carboxylic acids is 1. The normalized spacial score (nSPS) is 31.1. The highest BCUT2D eigenvalue weighted by Gasteiger charge is 2.34. The molecule has 3 N–H and O–H groups in total. The standard InChI is InChI=1S/C17H31N3O3/c1-3-20(11-16(21)22)15-9-14(10-15)19-17(23)18-13-6-4-5-12(2)7-8-13/h12-15H,3-11H2,1-2H3,(H,21,22)(H2,18,19,23). The number of nitrogens with one attached hydrogen (secondary N) is 2. The zero-order chi connectivity index (χ0) is 16.8. The molecule has 23 heavy (non-hydrogen) atoms. The Balaban J connectivity index is 1.66. The van der Waals surface area contributed by atoms with Gasteiger partial charge in [0.25, 0.3) is 0 Å². The minimum atomic E-state index is -0.788. The molecule has 2 atom stereocenters. The van der Waals surface area contributed by atoms with Gasteiger partial charge in [0.1, 0.15) is 0 Å². The predicted octanol–water partition coefficient (Wildman–Crippen LogP) is 2.19. The van der Waals surface area contributed by atoms with E-state index in [1.807, 2.05) is 11.8 Å². The van der Waals surface area contributed by atoms with E-state index in [0.717, 1.165) is 38.1 Å². The molecule has 0 aromatic rings. The maximum Gasteiger partial charge on any atom is 0.317 e. The lowest BCUT2D eigenvalue weighted by atomic mass is 9.85. The summed E-state index contributed by atoms with van der Waals surface area (Å²) in [6.45, 7) is 5.08. The first kappa shape index (κ1) is 18.0. The Morgan fingerprint density at radius 1 is 1.09 bits per heavy atom. The van der Waals surface area contributed by atoms with Crippen LogP contribution in [0.2, 0.25) is 0 Å². The Labute approximate surface area is 139 Å². The zero-order valence-electron chi connectivity index (χ0n) is 14.4. The molecule has 0 aliphatic heterocycles. The molecule has 0 aromatic carbocycles. The van der Waals surface area contributed by atoms with Crippen LogP contribution in [0.3, 0.4) is 0 Å². The summed E-state index contributed by atoms with van der Waals surface area (Å²) in [5, 5.41) is 15.0. The maximum absolute atomic E-state index is 12.1. The Kier molecular flexibility index (Phi) is 6.69. The summed E-state index contributed by atoms with van der Waals surface area (Å²) in [7, 11) is 0. The van der Waals surface area contributed by atoms with Crippen LogP contribution in [0.15, 0.2) is 0 Å². The first-order valence-corrected chi connectivity index (χ1v) is 9.00. The summed E-state index contributed by atoms with van der Waals surface area (Å²) in [6.07, 6.45) is 7.49. The van der Waals surface area contributed by atoms with Gasteiger partial charge in [0.15, 0.2) is 0 Å². The highest BCUT2D eigenvalue weighted by Crippen LogP contribution is 2.26. The number of amides is 2. The molecular weight excluding hydrogens is 294 g/mol. The molecule has 2 aliphatic carbocycles. The molecule has 2 aliphatic rings. The quantitative estimate of drug-likeness (QED) is 0.654. The van der Waals surface area contributed by atoms with Crippen LogP contribution in [0.1, 0.15) is 58.8 Å². The molecule has 0 heterocycles. The third-order valence-corrected chi connectivity index (χ3v) is 5.30. The van der Waals surface area contributed by atoms with E-state index in [9.17, 15) is 9.59 Å². The fourth-order valence-corrected chi connectivity index (χ4v) is 3.72. The van der Waals surface area contributed by atoms with Gasteiger partial charge in [-0.15, -0.1) is 0 Å². The Bertz CT molecular complexity index is 410. The maximum atomic E-state index is 12.1. The summed E-state index contributed by atoms with van der Waals surface area (Å²) >= 11 is 0. The highest BCUT2D eigenvalue weighted by molar-refractivity contribution is 5.74. The van der Waals surface area contributed by atoms with Crippen LogP contribution in [0, 0.1) is 5.92 Å². The van der Waals surface area contributed by atoms with Crippen molar-refractivity contribution in [2.24, 2.45) is 5.92 Å². The summed E-state index contributed by atoms with van der Waals surface area (Å²) in [6, 6.07) is 0.692. The lowest BCUT2D eigenvalue weighted by Crippen LogP contribution is -2.57. The van der Waals surface area contributed by atoms with Crippen molar-refractivity contribution in [3.05, 3.63) is 0 Å². The average molecular weight is 325 g/mol. The van der Waals surface area contributed by atoms with Crippen LogP contribution >= 0.6 is 0 Å². The van der Waals surface area contributed by atoms with Crippen LogP contribution in [0.25, 0.3) is 0 Å². The average Bonchev–Trinajstić information content (AvgIpc) is 2.65. The van der Waals surface area contributed by atoms with Crippen LogP contribution in [0.5, 0.6) is 0 Å². The number of urea groups is 1. The second kappa shape index (κ2) is 8.52. The van der Waals surface area contributed by atoms with Crippen molar-refractivity contribution in [3.63, 3.8) is 0 Å². The molecular formula is C17H31N3O3. The molecule has 2 saturated carbocycles. The van der Waals surface area contributed by atoms with Crippen molar-refractivity contribution in [1.29, 1.82) is 0 Å². The second-order valence-electron chi connectivity index (χ2n) is 7.21. The number of hydrogen-bond donors (Lipinski definition) is 3. The van der Waals surface area contributed by atoms with Gasteiger partial charge < -0.3 is 15.7 Å². The number of carbonyl (C=O) groups is 2. The summed E-state index contributed by atoms with van der Waals surface area (Å²) in [4.78, 5) is 24.9. The van der Waals surface area contributed by atoms with E-state index in [-0.39, 0.29) is 24.7 Å². The van der Waals surface area contributed by atoms with E-state index in [4.69, 9.17) is 5.11 Å². The SMILES string of the molecule is CCN(CC(=O)O)C1CC(NC(=O)NC2CCCC(C)CC2)C1. The minimum absolute atomic E-state index is 0.0608. The van der Waals surface area contributed by atoms with Crippen LogP contribution in [-0.4, -0.2) is 53.2 Å². The molecule has 0 radical (unpaired) electrons. The van der Waals surface area contributed by atoms with Gasteiger partial charge in [0.2, 0.25) is 0 Å². The molecule has 2 rings (SSSR count). The van der Waals surface area contributed by atoms with Crippen molar-refractivity contribution < 1.29 is 14.7 Å². The van der Waals surface area contributed by atoms with Gasteiger partial charge in [-0.3, -0.25) is 9.69 Å². The van der Waals surface area contributed by atoms with Crippen LogP contribution in [0.4, 0.5) is 4.79 Å². The molecule has 0 aromatic heterocycles. The van der Waals surface area contributed by atoms with Crippen molar-refractivity contribution in [3.8, 4) is 0 Å². The van der Waals surface area contributed by atoms with E-state index in [0.29, 0.717) is 6.04 Å². The van der Waals surface area contributed by atoms with E-state index < -0.39 is 5.97 Å². The zero-order valence-corrected chi connectivity index (χ0v) is 14.4. The number of hydrogen-bond acceptors (Lipinski definition) is 3. The Morgan fingerprint density at radius 2 is 1.78 bits per heavy atom. The van der Waals surface area contributed by atoms with Crippen LogP contribution < -0.4 is 10.6 Å². The van der Waals surface area contributed by atoms with Gasteiger partial charge in [0, 0.05) is 18.1 Å². The number of carboxylic acid groups (broad SMARTS) is 1. The van der Waals surface area contributed by atoms with Gasteiger partial charge in [-0.05, 0) is 44.6 Å². The van der Waals surface area contributed by atoms with E-state index in [1.54, 1.807) is 0 Å². The topological polar surface area (TPSA) is 81.7 Å². The van der Waals surface area contributed by atoms with E-state index >= 15 is 0 Å². The lowest BCUT2D eigenvalue weighted by molar-refractivity contribution is -0.139. The smallest absolute Gasteiger partial charge is 0.317 e. The molecule has 0 spiro atoms. The molecule has 2 fully saturated rings. The second-order valence-corrected chi connectivity index (χ2v) is 7.21.